The molecule has 7 N–H and O–H groups in total. The molecule has 1 aliphatic rings. The molecule has 0 radical (unpaired) electrons. The highest BCUT2D eigenvalue weighted by Gasteiger charge is 2.37. The number of Topliss-reactive ketones (excluding diaryl/α,β-unsaturated/α-hetero) is 1. The van der Waals surface area contributed by atoms with Crippen molar-refractivity contribution in [1.29, 1.82) is 0 Å². The van der Waals surface area contributed by atoms with Crippen LogP contribution in [0.5, 0.6) is 46.0 Å². The zero-order chi connectivity index (χ0) is 17.8. The molecule has 0 saturated heterocycles. The zero-order valence-corrected chi connectivity index (χ0v) is 11.7. The highest BCUT2D eigenvalue weighted by Crippen LogP contribution is 2.55. The first kappa shape index (κ1) is 15.2. The molecule has 0 spiro atoms. The molecular weight excluding hydrogens is 324 g/mol. The van der Waals surface area contributed by atoms with E-state index in [2.05, 4.69) is 0 Å². The number of allylic oxidation sites excluding steroid dienone is 1. The number of carbonyl (C=O) groups is 1. The minimum absolute atomic E-state index is 0.103. The highest BCUT2D eigenvalue weighted by molar-refractivity contribution is 6.17. The van der Waals surface area contributed by atoms with Gasteiger partial charge in [-0.3, -0.25) is 4.79 Å². The molecule has 24 heavy (non-hydrogen) atoms. The number of hydrogen-bond acceptors (Lipinski definition) is 9. The third kappa shape index (κ3) is 1.92. The summed E-state index contributed by atoms with van der Waals surface area (Å²) in [6.45, 7) is 0. The first-order valence-corrected chi connectivity index (χ1v) is 6.42. The average molecular weight is 334 g/mol. The molecule has 0 aromatic heterocycles. The molecule has 0 unspecified atom stereocenters. The van der Waals surface area contributed by atoms with Crippen molar-refractivity contribution in [2.75, 3.05) is 0 Å². The number of ether oxygens (including phenoxy) is 1. The predicted molar refractivity (Wildman–Crippen MR) is 77.5 cm³/mol. The lowest BCUT2D eigenvalue weighted by Crippen LogP contribution is -1.98. The van der Waals surface area contributed by atoms with Crippen molar-refractivity contribution in [1.82, 2.24) is 0 Å². The summed E-state index contributed by atoms with van der Waals surface area (Å²) in [7, 11) is 0. The zero-order valence-electron chi connectivity index (χ0n) is 11.7. The van der Waals surface area contributed by atoms with Crippen LogP contribution in [0.25, 0.3) is 6.08 Å². The monoisotopic (exact) mass is 334 g/mol. The maximum absolute atomic E-state index is 12.3. The molecule has 9 nitrogen and oxygen atoms in total. The van der Waals surface area contributed by atoms with E-state index in [9.17, 15) is 40.5 Å². The fourth-order valence-corrected chi connectivity index (χ4v) is 2.20. The third-order valence-electron chi connectivity index (χ3n) is 3.46. The Morgan fingerprint density at radius 3 is 2.04 bits per heavy atom. The van der Waals surface area contributed by atoms with Crippen LogP contribution in [-0.2, 0) is 0 Å². The van der Waals surface area contributed by atoms with Gasteiger partial charge in [-0.2, -0.15) is 0 Å². The van der Waals surface area contributed by atoms with Crippen LogP contribution < -0.4 is 4.74 Å². The summed E-state index contributed by atoms with van der Waals surface area (Å²) < 4.78 is 5.07. The Balaban J connectivity index is 2.14. The number of ketones is 1. The van der Waals surface area contributed by atoms with Gasteiger partial charge in [0.1, 0.15) is 5.56 Å². The predicted octanol–water partition coefficient (Wildman–Crippen LogP) is 1.24. The van der Waals surface area contributed by atoms with Crippen molar-refractivity contribution in [3.63, 3.8) is 0 Å². The van der Waals surface area contributed by atoms with Gasteiger partial charge in [-0.1, -0.05) is 0 Å². The molecule has 0 bridgehead atoms. The van der Waals surface area contributed by atoms with E-state index in [4.69, 9.17) is 4.74 Å². The van der Waals surface area contributed by atoms with E-state index in [0.29, 0.717) is 0 Å². The molecule has 0 fully saturated rings. The Morgan fingerprint density at radius 1 is 0.750 bits per heavy atom. The Hall–Kier alpha value is -3.75. The molecule has 0 atom stereocenters. The largest absolute Gasteiger partial charge is 0.504 e. The number of carbonyl (C=O) groups excluding carboxylic acids is 1. The number of phenols is 7. The second kappa shape index (κ2) is 4.88. The Kier molecular flexibility index (Phi) is 3.08. The van der Waals surface area contributed by atoms with Crippen molar-refractivity contribution in [3.05, 3.63) is 29.0 Å². The molecule has 0 amide bonds. The van der Waals surface area contributed by atoms with Crippen LogP contribution in [0.2, 0.25) is 0 Å². The van der Waals surface area contributed by atoms with Crippen LogP contribution >= 0.6 is 0 Å². The van der Waals surface area contributed by atoms with Gasteiger partial charge in [0.05, 0.1) is 0 Å². The molecule has 3 rings (SSSR count). The first-order valence-electron chi connectivity index (χ1n) is 6.42. The third-order valence-corrected chi connectivity index (χ3v) is 3.46. The topological polar surface area (TPSA) is 168 Å². The van der Waals surface area contributed by atoms with Gasteiger partial charge in [0.15, 0.2) is 28.8 Å². The minimum atomic E-state index is -1.09. The fourth-order valence-electron chi connectivity index (χ4n) is 2.20. The lowest BCUT2D eigenvalue weighted by Gasteiger charge is -2.07. The second-order valence-corrected chi connectivity index (χ2v) is 4.91. The van der Waals surface area contributed by atoms with Gasteiger partial charge in [-0.25, -0.2) is 0 Å². The Bertz CT molecular complexity index is 928. The number of aromatic hydroxyl groups is 7. The summed E-state index contributed by atoms with van der Waals surface area (Å²) >= 11 is 0. The number of rotatable bonds is 1. The van der Waals surface area contributed by atoms with Crippen molar-refractivity contribution in [2.24, 2.45) is 0 Å². The highest BCUT2D eigenvalue weighted by atomic mass is 16.5. The van der Waals surface area contributed by atoms with E-state index in [1.807, 2.05) is 0 Å². The van der Waals surface area contributed by atoms with Crippen LogP contribution in [0.15, 0.2) is 17.9 Å². The van der Waals surface area contributed by atoms with Crippen molar-refractivity contribution in [3.8, 4) is 46.0 Å². The number of benzene rings is 2. The van der Waals surface area contributed by atoms with Crippen LogP contribution in [0.3, 0.4) is 0 Å². The Morgan fingerprint density at radius 2 is 1.38 bits per heavy atom. The van der Waals surface area contributed by atoms with E-state index in [0.717, 1.165) is 12.1 Å². The number of fused-ring (bicyclic) bond motifs is 1. The molecule has 0 aliphatic carbocycles. The normalized spacial score (nSPS) is 14.7. The SMILES string of the molecule is O=C1/C(=C/c2ccc(O)c(O)c2O)Oc2c(O)c(O)c(O)c(O)c21. The van der Waals surface area contributed by atoms with Gasteiger partial charge in [0.2, 0.25) is 28.8 Å². The summed E-state index contributed by atoms with van der Waals surface area (Å²) in [5.74, 6) is -8.19. The van der Waals surface area contributed by atoms with E-state index < -0.39 is 63.1 Å². The summed E-state index contributed by atoms with van der Waals surface area (Å²) in [5.41, 5.74) is -0.676. The van der Waals surface area contributed by atoms with Crippen molar-refractivity contribution in [2.45, 2.75) is 0 Å². The number of phenolic OH excluding ortho intramolecular Hbond substituents is 7. The Labute approximate surface area is 133 Å². The summed E-state index contributed by atoms with van der Waals surface area (Å²) in [6.07, 6.45) is 0.976. The van der Waals surface area contributed by atoms with E-state index in [1.165, 1.54) is 6.07 Å². The maximum atomic E-state index is 12.3. The smallest absolute Gasteiger partial charge is 0.236 e. The molecular formula is C15H10O9. The molecule has 1 heterocycles. The van der Waals surface area contributed by atoms with Gasteiger partial charge in [0.25, 0.3) is 0 Å². The maximum Gasteiger partial charge on any atom is 0.236 e. The molecule has 124 valence electrons. The van der Waals surface area contributed by atoms with Gasteiger partial charge in [-0.05, 0) is 18.2 Å². The van der Waals surface area contributed by atoms with Gasteiger partial charge in [0, 0.05) is 5.56 Å². The molecule has 9 heteroatoms. The summed E-state index contributed by atoms with van der Waals surface area (Å²) in [5, 5.41) is 66.8. The summed E-state index contributed by atoms with van der Waals surface area (Å²) in [4.78, 5) is 12.3. The second-order valence-electron chi connectivity index (χ2n) is 4.91. The van der Waals surface area contributed by atoms with E-state index in [1.54, 1.807) is 0 Å². The van der Waals surface area contributed by atoms with Gasteiger partial charge < -0.3 is 40.5 Å². The molecule has 0 saturated carbocycles. The molecule has 2 aromatic rings. The van der Waals surface area contributed by atoms with E-state index in [-0.39, 0.29) is 5.56 Å². The van der Waals surface area contributed by atoms with E-state index >= 15 is 0 Å². The van der Waals surface area contributed by atoms with Crippen molar-refractivity contribution < 1.29 is 45.3 Å². The van der Waals surface area contributed by atoms with Gasteiger partial charge >= 0.3 is 0 Å². The van der Waals surface area contributed by atoms with Crippen LogP contribution in [0, 0.1) is 0 Å². The first-order chi connectivity index (χ1) is 11.2. The molecule has 2 aromatic carbocycles. The lowest BCUT2D eigenvalue weighted by molar-refractivity contribution is 0.101. The lowest BCUT2D eigenvalue weighted by atomic mass is 10.1. The quantitative estimate of drug-likeness (QED) is 0.230. The van der Waals surface area contributed by atoms with Gasteiger partial charge in [-0.15, -0.1) is 0 Å². The minimum Gasteiger partial charge on any atom is -0.504 e. The average Bonchev–Trinajstić information content (AvgIpc) is 2.88. The van der Waals surface area contributed by atoms with Crippen LogP contribution in [0.1, 0.15) is 15.9 Å². The number of hydrogen-bond donors (Lipinski definition) is 7. The summed E-state index contributed by atoms with van der Waals surface area (Å²) in [6, 6.07) is 2.23. The van der Waals surface area contributed by atoms with Crippen molar-refractivity contribution >= 4 is 11.9 Å². The fraction of sp³-hybridized carbons (Fsp3) is 0. The molecule has 1 aliphatic heterocycles. The standard InChI is InChI=1S/C15H10O9/c16-5-2-1-4(8(17)9(5)18)3-6-10(19)7-11(20)12(21)13(22)14(23)15(7)24-6/h1-3,16-18,20-23H/b6-3-. The van der Waals surface area contributed by atoms with Crippen LogP contribution in [-0.4, -0.2) is 41.5 Å². The van der Waals surface area contributed by atoms with Crippen LogP contribution in [0.4, 0.5) is 0 Å².